The highest BCUT2D eigenvalue weighted by atomic mass is 16.5. The molecule has 0 fully saturated rings. The average Bonchev–Trinajstić information content (AvgIpc) is 2.86. The number of ether oxygens (including phenoxy) is 1. The summed E-state index contributed by atoms with van der Waals surface area (Å²) in [6.07, 6.45) is 3.27. The summed E-state index contributed by atoms with van der Waals surface area (Å²) in [4.78, 5) is 25.3. The molecule has 2 rings (SSSR count). The normalized spacial score (nSPS) is 10.7. The SMILES string of the molecule is COCCn1cc(Nc2c(N)n(C)c(=O)[nH]c2=O)cn1. The molecule has 0 saturated heterocycles. The van der Waals surface area contributed by atoms with Crippen LogP contribution in [0.4, 0.5) is 17.2 Å². The second-order valence-electron chi connectivity index (χ2n) is 4.19. The van der Waals surface area contributed by atoms with Gasteiger partial charge in [-0.2, -0.15) is 5.10 Å². The van der Waals surface area contributed by atoms with Gasteiger partial charge in [-0.1, -0.05) is 0 Å². The van der Waals surface area contributed by atoms with Crippen molar-refractivity contribution < 1.29 is 4.74 Å². The third-order valence-electron chi connectivity index (χ3n) is 2.80. The van der Waals surface area contributed by atoms with Gasteiger partial charge in [-0.05, 0) is 0 Å². The topological polar surface area (TPSA) is 120 Å². The lowest BCUT2D eigenvalue weighted by Gasteiger charge is -2.09. The zero-order chi connectivity index (χ0) is 14.7. The van der Waals surface area contributed by atoms with Crippen molar-refractivity contribution in [1.29, 1.82) is 0 Å². The number of anilines is 3. The molecular formula is C11H16N6O3. The summed E-state index contributed by atoms with van der Waals surface area (Å²) in [5.41, 5.74) is 5.32. The van der Waals surface area contributed by atoms with Crippen LogP contribution in [0.3, 0.4) is 0 Å². The Morgan fingerprint density at radius 2 is 2.25 bits per heavy atom. The zero-order valence-corrected chi connectivity index (χ0v) is 11.2. The van der Waals surface area contributed by atoms with Crippen molar-refractivity contribution in [3.63, 3.8) is 0 Å². The van der Waals surface area contributed by atoms with Gasteiger partial charge in [0.1, 0.15) is 11.5 Å². The van der Waals surface area contributed by atoms with Crippen LogP contribution >= 0.6 is 0 Å². The highest BCUT2D eigenvalue weighted by Crippen LogP contribution is 2.16. The zero-order valence-electron chi connectivity index (χ0n) is 11.2. The second kappa shape index (κ2) is 5.61. The van der Waals surface area contributed by atoms with E-state index < -0.39 is 11.2 Å². The highest BCUT2D eigenvalue weighted by Gasteiger charge is 2.10. The molecule has 0 aromatic carbocycles. The van der Waals surface area contributed by atoms with E-state index in [0.29, 0.717) is 18.8 Å². The van der Waals surface area contributed by atoms with Crippen molar-refractivity contribution >= 4 is 17.2 Å². The molecule has 2 aromatic rings. The Morgan fingerprint density at radius 1 is 1.50 bits per heavy atom. The van der Waals surface area contributed by atoms with E-state index in [2.05, 4.69) is 15.4 Å². The summed E-state index contributed by atoms with van der Waals surface area (Å²) in [6.45, 7) is 1.13. The molecule has 0 aliphatic heterocycles. The lowest BCUT2D eigenvalue weighted by Crippen LogP contribution is -2.31. The number of aromatic amines is 1. The minimum Gasteiger partial charge on any atom is -0.383 e. The fourth-order valence-electron chi connectivity index (χ4n) is 1.64. The molecule has 20 heavy (non-hydrogen) atoms. The molecule has 0 aliphatic carbocycles. The Kier molecular flexibility index (Phi) is 3.89. The quantitative estimate of drug-likeness (QED) is 0.662. The summed E-state index contributed by atoms with van der Waals surface area (Å²) >= 11 is 0. The van der Waals surface area contributed by atoms with Crippen molar-refractivity contribution in [1.82, 2.24) is 19.3 Å². The molecule has 9 heteroatoms. The van der Waals surface area contributed by atoms with E-state index in [1.807, 2.05) is 0 Å². The third-order valence-corrected chi connectivity index (χ3v) is 2.80. The van der Waals surface area contributed by atoms with E-state index in [4.69, 9.17) is 10.5 Å². The van der Waals surface area contributed by atoms with Gasteiger partial charge in [0.05, 0.1) is 25.0 Å². The molecule has 9 nitrogen and oxygen atoms in total. The number of nitrogens with one attached hydrogen (secondary N) is 2. The van der Waals surface area contributed by atoms with Crippen molar-refractivity contribution in [3.05, 3.63) is 33.2 Å². The van der Waals surface area contributed by atoms with Gasteiger partial charge in [-0.15, -0.1) is 0 Å². The van der Waals surface area contributed by atoms with Gasteiger partial charge in [0.2, 0.25) is 0 Å². The molecule has 0 radical (unpaired) electrons. The first-order valence-corrected chi connectivity index (χ1v) is 5.90. The number of H-pyrrole nitrogens is 1. The largest absolute Gasteiger partial charge is 0.383 e. The van der Waals surface area contributed by atoms with Crippen molar-refractivity contribution in [2.45, 2.75) is 6.54 Å². The van der Waals surface area contributed by atoms with Gasteiger partial charge < -0.3 is 15.8 Å². The number of hydrogen-bond acceptors (Lipinski definition) is 6. The predicted octanol–water partition coefficient (Wildman–Crippen LogP) is -0.758. The molecule has 4 N–H and O–H groups in total. The van der Waals surface area contributed by atoms with Gasteiger partial charge in [0, 0.05) is 20.4 Å². The lowest BCUT2D eigenvalue weighted by molar-refractivity contribution is 0.183. The van der Waals surface area contributed by atoms with E-state index in [1.54, 1.807) is 24.2 Å². The minimum absolute atomic E-state index is 0.0587. The molecular weight excluding hydrogens is 264 g/mol. The van der Waals surface area contributed by atoms with Gasteiger partial charge in [-0.25, -0.2) is 4.79 Å². The Morgan fingerprint density at radius 3 is 2.95 bits per heavy atom. The molecule has 0 amide bonds. The van der Waals surface area contributed by atoms with Gasteiger partial charge >= 0.3 is 5.69 Å². The first-order chi connectivity index (χ1) is 9.52. The third kappa shape index (κ3) is 2.72. The number of methoxy groups -OCH3 is 1. The van der Waals surface area contributed by atoms with Crippen molar-refractivity contribution in [3.8, 4) is 0 Å². The molecule has 0 aliphatic rings. The van der Waals surface area contributed by atoms with E-state index in [1.165, 1.54) is 7.05 Å². The Balaban J connectivity index is 2.26. The number of hydrogen-bond donors (Lipinski definition) is 3. The summed E-state index contributed by atoms with van der Waals surface area (Å²) in [6, 6.07) is 0. The van der Waals surface area contributed by atoms with Crippen LogP contribution in [-0.2, 0) is 18.3 Å². The van der Waals surface area contributed by atoms with E-state index in [9.17, 15) is 9.59 Å². The fourth-order valence-corrected chi connectivity index (χ4v) is 1.64. The molecule has 108 valence electrons. The summed E-state index contributed by atoms with van der Waals surface area (Å²) in [7, 11) is 3.08. The monoisotopic (exact) mass is 280 g/mol. The number of rotatable bonds is 5. The maximum Gasteiger partial charge on any atom is 0.329 e. The standard InChI is InChI=1S/C11H16N6O3/c1-16-9(12)8(10(18)15-11(16)19)14-7-5-13-17(6-7)3-4-20-2/h5-6,14H,3-4,12H2,1-2H3,(H,15,18,19). The Bertz CT molecular complexity index is 714. The van der Waals surface area contributed by atoms with Crippen LogP contribution in [0.1, 0.15) is 0 Å². The molecule has 2 heterocycles. The number of aromatic nitrogens is 4. The lowest BCUT2D eigenvalue weighted by atomic mass is 10.4. The molecule has 0 atom stereocenters. The van der Waals surface area contributed by atoms with Crippen LogP contribution in [0.5, 0.6) is 0 Å². The van der Waals surface area contributed by atoms with Crippen LogP contribution in [-0.4, -0.2) is 33.0 Å². The van der Waals surface area contributed by atoms with Crippen molar-refractivity contribution in [2.75, 3.05) is 24.8 Å². The minimum atomic E-state index is -0.574. The first kappa shape index (κ1) is 13.9. The maximum absolute atomic E-state index is 11.7. The van der Waals surface area contributed by atoms with Crippen LogP contribution in [0.15, 0.2) is 22.0 Å². The van der Waals surface area contributed by atoms with Crippen LogP contribution in [0, 0.1) is 0 Å². The van der Waals surface area contributed by atoms with Crippen LogP contribution < -0.4 is 22.3 Å². The number of nitrogen functional groups attached to an aromatic ring is 1. The smallest absolute Gasteiger partial charge is 0.329 e. The average molecular weight is 280 g/mol. The van der Waals surface area contributed by atoms with Gasteiger partial charge in [-0.3, -0.25) is 19.0 Å². The Labute approximate surface area is 114 Å². The molecule has 0 spiro atoms. The van der Waals surface area contributed by atoms with E-state index in [-0.39, 0.29) is 11.5 Å². The molecule has 0 unspecified atom stereocenters. The summed E-state index contributed by atoms with van der Waals surface area (Å²) in [5, 5.41) is 6.95. The highest BCUT2D eigenvalue weighted by molar-refractivity contribution is 5.67. The maximum atomic E-state index is 11.7. The summed E-state index contributed by atoms with van der Waals surface area (Å²) < 4.78 is 7.76. The van der Waals surface area contributed by atoms with Crippen LogP contribution in [0.25, 0.3) is 0 Å². The molecule has 0 bridgehead atoms. The molecule has 2 aromatic heterocycles. The molecule has 0 saturated carbocycles. The number of nitrogens with two attached hydrogens (primary N) is 1. The Hall–Kier alpha value is -2.55. The van der Waals surface area contributed by atoms with Crippen molar-refractivity contribution in [2.24, 2.45) is 7.05 Å². The number of nitrogens with zero attached hydrogens (tertiary/aromatic N) is 3. The second-order valence-corrected chi connectivity index (χ2v) is 4.19. The van der Waals surface area contributed by atoms with Crippen LogP contribution in [0.2, 0.25) is 0 Å². The predicted molar refractivity (Wildman–Crippen MR) is 74.1 cm³/mol. The van der Waals surface area contributed by atoms with E-state index in [0.717, 1.165) is 4.57 Å². The van der Waals surface area contributed by atoms with Gasteiger partial charge in [0.15, 0.2) is 0 Å². The fraction of sp³-hybridized carbons (Fsp3) is 0.364. The first-order valence-electron chi connectivity index (χ1n) is 5.90. The summed E-state index contributed by atoms with van der Waals surface area (Å²) in [5.74, 6) is 0.0587. The van der Waals surface area contributed by atoms with E-state index >= 15 is 0 Å². The van der Waals surface area contributed by atoms with Gasteiger partial charge in [0.25, 0.3) is 5.56 Å².